The second-order valence-electron chi connectivity index (χ2n) is 3.66. The van der Waals surface area contributed by atoms with E-state index in [1.54, 1.807) is 6.92 Å². The Morgan fingerprint density at radius 1 is 1.44 bits per heavy atom. The molecule has 16 heavy (non-hydrogen) atoms. The van der Waals surface area contributed by atoms with Crippen LogP contribution in [0.3, 0.4) is 0 Å². The number of rotatable bonds is 6. The largest absolute Gasteiger partial charge is 0.461 e. The van der Waals surface area contributed by atoms with Gasteiger partial charge in [-0.15, -0.1) is 0 Å². The zero-order chi connectivity index (χ0) is 12.7. The first-order chi connectivity index (χ1) is 7.34. The third-order valence-corrected chi connectivity index (χ3v) is 1.80. The van der Waals surface area contributed by atoms with Crippen molar-refractivity contribution in [2.24, 2.45) is 5.73 Å². The van der Waals surface area contributed by atoms with E-state index in [2.05, 4.69) is 6.58 Å². The van der Waals surface area contributed by atoms with Crippen LogP contribution in [0.4, 0.5) is 0 Å². The van der Waals surface area contributed by atoms with E-state index in [-0.39, 0.29) is 5.57 Å². The minimum absolute atomic E-state index is 0.0852. The maximum Gasteiger partial charge on any atom is 0.333 e. The highest BCUT2D eigenvalue weighted by molar-refractivity contribution is 5.97. The van der Waals surface area contributed by atoms with Crippen LogP contribution in [0.25, 0.3) is 0 Å². The predicted molar refractivity (Wildman–Crippen MR) is 61.6 cm³/mol. The van der Waals surface area contributed by atoms with Crippen molar-refractivity contribution in [1.29, 1.82) is 0 Å². The van der Waals surface area contributed by atoms with Gasteiger partial charge < -0.3 is 15.4 Å². The van der Waals surface area contributed by atoms with Crippen LogP contribution in [0.2, 0.25) is 0 Å². The van der Waals surface area contributed by atoms with Crippen molar-refractivity contribution in [2.75, 3.05) is 27.2 Å². The summed E-state index contributed by atoms with van der Waals surface area (Å²) in [7, 11) is 3.76. The molecule has 0 aliphatic rings. The molecular weight excluding hydrogens is 208 g/mol. The van der Waals surface area contributed by atoms with Gasteiger partial charge in [-0.25, -0.2) is 4.79 Å². The van der Waals surface area contributed by atoms with Gasteiger partial charge in [-0.1, -0.05) is 6.58 Å². The van der Waals surface area contributed by atoms with Crippen LogP contribution in [0.5, 0.6) is 0 Å². The lowest BCUT2D eigenvalue weighted by Crippen LogP contribution is -2.20. The number of nitrogens with two attached hydrogens (primary N) is 1. The van der Waals surface area contributed by atoms with Gasteiger partial charge in [0.15, 0.2) is 0 Å². The number of hydrogen-bond donors (Lipinski definition) is 1. The summed E-state index contributed by atoms with van der Waals surface area (Å²) in [6, 6.07) is 0. The zero-order valence-corrected chi connectivity index (χ0v) is 9.95. The molecule has 0 atom stereocenters. The normalized spacial score (nSPS) is 11.4. The monoisotopic (exact) mass is 226 g/mol. The standard InChI is InChI=1S/C11H18N2O3/c1-8(10(12)14)7-9(2)11(15)16-6-5-13(3)4/h7H,1,5-6H2,2-4H3,(H2,12,14)/b9-7+. The van der Waals surface area contributed by atoms with E-state index in [0.29, 0.717) is 18.7 Å². The van der Waals surface area contributed by atoms with Gasteiger partial charge in [0.25, 0.3) is 0 Å². The van der Waals surface area contributed by atoms with E-state index in [1.165, 1.54) is 6.08 Å². The highest BCUT2D eigenvalue weighted by Crippen LogP contribution is 2.02. The van der Waals surface area contributed by atoms with E-state index in [0.717, 1.165) is 0 Å². The fourth-order valence-electron chi connectivity index (χ4n) is 0.826. The molecule has 90 valence electrons. The molecule has 0 aromatic heterocycles. The Hall–Kier alpha value is -1.62. The second-order valence-corrected chi connectivity index (χ2v) is 3.66. The molecule has 0 fully saturated rings. The molecule has 5 nitrogen and oxygen atoms in total. The van der Waals surface area contributed by atoms with Crippen LogP contribution in [-0.4, -0.2) is 44.0 Å². The van der Waals surface area contributed by atoms with Crippen molar-refractivity contribution in [1.82, 2.24) is 4.90 Å². The number of ether oxygens (including phenoxy) is 1. The van der Waals surface area contributed by atoms with Crippen molar-refractivity contribution >= 4 is 11.9 Å². The molecule has 0 aromatic carbocycles. The van der Waals surface area contributed by atoms with Gasteiger partial charge in [0.2, 0.25) is 5.91 Å². The maximum atomic E-state index is 11.4. The second kappa shape index (κ2) is 6.79. The molecule has 5 heteroatoms. The molecule has 0 unspecified atom stereocenters. The first kappa shape index (κ1) is 14.4. The smallest absolute Gasteiger partial charge is 0.333 e. The van der Waals surface area contributed by atoms with E-state index in [4.69, 9.17) is 10.5 Å². The zero-order valence-electron chi connectivity index (χ0n) is 9.95. The molecule has 0 saturated carbocycles. The number of primary amides is 1. The van der Waals surface area contributed by atoms with Crippen LogP contribution in [0.15, 0.2) is 23.8 Å². The molecule has 2 N–H and O–H groups in total. The number of carbonyl (C=O) groups is 2. The Morgan fingerprint density at radius 2 is 2.00 bits per heavy atom. The lowest BCUT2D eigenvalue weighted by molar-refractivity contribution is -0.139. The van der Waals surface area contributed by atoms with Gasteiger partial charge in [0.05, 0.1) is 0 Å². The van der Waals surface area contributed by atoms with Crippen LogP contribution in [0.1, 0.15) is 6.92 Å². The lowest BCUT2D eigenvalue weighted by atomic mass is 10.2. The molecule has 0 rings (SSSR count). The van der Waals surface area contributed by atoms with Gasteiger partial charge in [-0.3, -0.25) is 4.79 Å². The van der Waals surface area contributed by atoms with Gasteiger partial charge in [-0.05, 0) is 27.1 Å². The predicted octanol–water partition coefficient (Wildman–Crippen LogP) is 0.0790. The average molecular weight is 226 g/mol. The lowest BCUT2D eigenvalue weighted by Gasteiger charge is -2.09. The number of carbonyl (C=O) groups excluding carboxylic acids is 2. The van der Waals surface area contributed by atoms with Crippen LogP contribution >= 0.6 is 0 Å². The summed E-state index contributed by atoms with van der Waals surface area (Å²) < 4.78 is 4.95. The highest BCUT2D eigenvalue weighted by Gasteiger charge is 2.07. The summed E-state index contributed by atoms with van der Waals surface area (Å²) in [5.41, 5.74) is 5.38. The Kier molecular flexibility index (Phi) is 6.10. The summed E-state index contributed by atoms with van der Waals surface area (Å²) >= 11 is 0. The number of likely N-dealkylation sites (N-methyl/N-ethyl adjacent to an activating group) is 1. The molecular formula is C11H18N2O3. The SMILES string of the molecule is C=C(/C=C(\C)C(=O)OCCN(C)C)C(N)=O. The van der Waals surface area contributed by atoms with Crippen LogP contribution in [0, 0.1) is 0 Å². The van der Waals surface area contributed by atoms with E-state index >= 15 is 0 Å². The quantitative estimate of drug-likeness (QED) is 0.395. The van der Waals surface area contributed by atoms with Gasteiger partial charge in [-0.2, -0.15) is 0 Å². The highest BCUT2D eigenvalue weighted by atomic mass is 16.5. The Bertz CT molecular complexity index is 319. The summed E-state index contributed by atoms with van der Waals surface area (Å²) in [4.78, 5) is 24.0. The molecule has 0 aromatic rings. The molecule has 0 saturated heterocycles. The molecule has 1 amide bonds. The van der Waals surface area contributed by atoms with Gasteiger partial charge in [0, 0.05) is 17.7 Å². The van der Waals surface area contributed by atoms with Crippen LogP contribution < -0.4 is 5.73 Å². The average Bonchev–Trinajstić information content (AvgIpc) is 2.16. The number of nitrogens with zero attached hydrogens (tertiary/aromatic N) is 1. The molecule has 0 heterocycles. The van der Waals surface area contributed by atoms with Gasteiger partial charge in [0.1, 0.15) is 6.61 Å². The fraction of sp³-hybridized carbons (Fsp3) is 0.455. The van der Waals surface area contributed by atoms with E-state index in [1.807, 2.05) is 19.0 Å². The summed E-state index contributed by atoms with van der Waals surface area (Å²) in [5.74, 6) is -1.12. The van der Waals surface area contributed by atoms with Gasteiger partial charge >= 0.3 is 5.97 Å². The third-order valence-electron chi connectivity index (χ3n) is 1.80. The summed E-state index contributed by atoms with van der Waals surface area (Å²) in [6.07, 6.45) is 1.32. The van der Waals surface area contributed by atoms with Crippen molar-refractivity contribution in [3.8, 4) is 0 Å². The molecule has 0 aliphatic carbocycles. The minimum atomic E-state index is -0.652. The third kappa shape index (κ3) is 5.98. The number of hydrogen-bond acceptors (Lipinski definition) is 4. The summed E-state index contributed by atoms with van der Waals surface area (Å²) in [5, 5.41) is 0. The topological polar surface area (TPSA) is 72.6 Å². The fourth-order valence-corrected chi connectivity index (χ4v) is 0.826. The van der Waals surface area contributed by atoms with Crippen molar-refractivity contribution in [3.63, 3.8) is 0 Å². The minimum Gasteiger partial charge on any atom is -0.461 e. The molecule has 0 aliphatic heterocycles. The Balaban J connectivity index is 4.18. The molecule has 0 spiro atoms. The Morgan fingerprint density at radius 3 is 2.44 bits per heavy atom. The van der Waals surface area contributed by atoms with Crippen molar-refractivity contribution in [2.45, 2.75) is 6.92 Å². The first-order valence-electron chi connectivity index (χ1n) is 4.83. The van der Waals surface area contributed by atoms with E-state index in [9.17, 15) is 9.59 Å². The summed E-state index contributed by atoms with van der Waals surface area (Å²) in [6.45, 7) is 5.92. The van der Waals surface area contributed by atoms with Crippen molar-refractivity contribution in [3.05, 3.63) is 23.8 Å². The molecule has 0 radical (unpaired) electrons. The molecule has 0 bridgehead atoms. The number of esters is 1. The van der Waals surface area contributed by atoms with E-state index < -0.39 is 11.9 Å². The number of amides is 1. The maximum absolute atomic E-state index is 11.4. The first-order valence-corrected chi connectivity index (χ1v) is 4.83. The van der Waals surface area contributed by atoms with Crippen molar-refractivity contribution < 1.29 is 14.3 Å². The Labute approximate surface area is 95.5 Å². The van der Waals surface area contributed by atoms with Crippen LogP contribution in [-0.2, 0) is 14.3 Å².